The summed E-state index contributed by atoms with van der Waals surface area (Å²) in [7, 11) is -2.46. The van der Waals surface area contributed by atoms with Gasteiger partial charge in [-0.3, -0.25) is 0 Å². The number of aliphatic hydroxyl groups excluding tert-OH is 1. The molecule has 182 valence electrons. The van der Waals surface area contributed by atoms with Crippen LogP contribution in [0.5, 0.6) is 0 Å². The monoisotopic (exact) mass is 466 g/mol. The summed E-state index contributed by atoms with van der Waals surface area (Å²) in [5, 5.41) is 11.2. The van der Waals surface area contributed by atoms with E-state index in [0.29, 0.717) is 5.41 Å². The summed E-state index contributed by atoms with van der Waals surface area (Å²) in [5.74, 6) is 4.28. The summed E-state index contributed by atoms with van der Waals surface area (Å²) >= 11 is 0. The average Bonchev–Trinajstić information content (AvgIpc) is 2.97. The fraction of sp³-hybridized carbons (Fsp3) is 1.00. The minimum atomic E-state index is -1.23. The number of rotatable bonds is 3. The van der Waals surface area contributed by atoms with E-state index in [1.54, 1.807) is 0 Å². The average molecular weight is 467 g/mol. The molecule has 2 nitrogen and oxygen atoms in total. The van der Waals surface area contributed by atoms with Crippen LogP contribution in [0.4, 0.5) is 0 Å². The van der Waals surface area contributed by atoms with Crippen molar-refractivity contribution >= 4 is 16.6 Å². The smallest absolute Gasteiger partial charge is 0.170 e. The van der Waals surface area contributed by atoms with Gasteiger partial charge in [0.2, 0.25) is 0 Å². The highest BCUT2D eigenvalue weighted by molar-refractivity contribution is 6.83. The van der Waals surface area contributed by atoms with E-state index in [1.165, 1.54) is 57.8 Å². The molecule has 0 aliphatic heterocycles. The third-order valence-corrected chi connectivity index (χ3v) is 14.9. The molecule has 0 aromatic rings. The van der Waals surface area contributed by atoms with Crippen LogP contribution in [0.15, 0.2) is 0 Å². The van der Waals surface area contributed by atoms with E-state index in [-0.39, 0.29) is 11.5 Å². The second-order valence-electron chi connectivity index (χ2n) is 14.0. The van der Waals surface area contributed by atoms with E-state index >= 15 is 0 Å². The molecule has 4 aliphatic carbocycles. The molecule has 8 atom stereocenters. The molecule has 0 aromatic carbocycles. The first-order valence-corrected chi connectivity index (χ1v) is 20.4. The molecule has 4 saturated carbocycles. The van der Waals surface area contributed by atoms with E-state index in [4.69, 9.17) is 4.12 Å². The number of fused-ring (bicyclic) bond motifs is 5. The largest absolute Gasteiger partial charge is 0.456 e. The molecule has 1 N–H and O–H groups in total. The minimum Gasteiger partial charge on any atom is -0.456 e. The molecule has 0 heterocycles. The highest BCUT2D eigenvalue weighted by Crippen LogP contribution is 2.67. The zero-order valence-corrected chi connectivity index (χ0v) is 24.4. The topological polar surface area (TPSA) is 29.5 Å². The molecular weight excluding hydrogens is 412 g/mol. The van der Waals surface area contributed by atoms with Crippen molar-refractivity contribution in [3.8, 4) is 0 Å². The Bertz CT molecular complexity index is 597. The van der Waals surface area contributed by atoms with Gasteiger partial charge >= 0.3 is 0 Å². The van der Waals surface area contributed by atoms with Crippen LogP contribution >= 0.6 is 0 Å². The fourth-order valence-corrected chi connectivity index (χ4v) is 16.3. The van der Waals surface area contributed by atoms with Gasteiger partial charge in [0.05, 0.1) is 6.10 Å². The van der Waals surface area contributed by atoms with E-state index in [9.17, 15) is 5.11 Å². The Morgan fingerprint density at radius 2 is 1.48 bits per heavy atom. The molecule has 4 fully saturated rings. The maximum absolute atomic E-state index is 11.2. The highest BCUT2D eigenvalue weighted by Gasteiger charge is 2.62. The summed E-state index contributed by atoms with van der Waals surface area (Å²) < 4.78 is 5.90. The lowest BCUT2D eigenvalue weighted by atomic mass is 9.44. The molecule has 4 rings (SSSR count). The second-order valence-corrected chi connectivity index (χ2v) is 23.3. The lowest BCUT2D eigenvalue weighted by Crippen LogP contribution is -2.57. The van der Waals surface area contributed by atoms with Crippen LogP contribution in [0.25, 0.3) is 0 Å². The Labute approximate surface area is 196 Å². The normalized spacial score (nSPS) is 45.1. The molecule has 0 saturated heterocycles. The molecular formula is C27H54O2Si2. The van der Waals surface area contributed by atoms with Gasteiger partial charge in [-0.2, -0.15) is 0 Å². The molecule has 4 aliphatic rings. The van der Waals surface area contributed by atoms with E-state index in [0.717, 1.165) is 36.0 Å². The zero-order chi connectivity index (χ0) is 23.2. The van der Waals surface area contributed by atoms with Crippen LogP contribution in [0.1, 0.15) is 85.0 Å². The minimum absolute atomic E-state index is 0.0382. The molecule has 0 amide bonds. The van der Waals surface area contributed by atoms with Crippen molar-refractivity contribution in [2.75, 3.05) is 0 Å². The Hall–Kier alpha value is 0.354. The molecule has 0 aromatic heterocycles. The molecule has 0 radical (unpaired) electrons. The summed E-state index contributed by atoms with van der Waals surface area (Å²) in [6, 6.07) is 0. The van der Waals surface area contributed by atoms with Crippen LogP contribution in [0.3, 0.4) is 0 Å². The van der Waals surface area contributed by atoms with Gasteiger partial charge in [0.25, 0.3) is 0 Å². The molecule has 0 spiro atoms. The summed E-state index contributed by atoms with van der Waals surface area (Å²) in [4.78, 5) is 0. The Kier molecular flexibility index (Phi) is 7.70. The molecule has 0 unspecified atom stereocenters. The van der Waals surface area contributed by atoms with Crippen molar-refractivity contribution in [2.24, 2.45) is 40.4 Å². The fourth-order valence-electron chi connectivity index (χ4n) is 8.96. The number of hydrogen-bond donors (Lipinski definition) is 1. The quantitative estimate of drug-likeness (QED) is 0.426. The Balaban J connectivity index is 0.000000259. The Morgan fingerprint density at radius 1 is 0.839 bits per heavy atom. The van der Waals surface area contributed by atoms with Gasteiger partial charge in [0.1, 0.15) is 0 Å². The van der Waals surface area contributed by atoms with Gasteiger partial charge in [0, 0.05) is 0 Å². The predicted octanol–water partition coefficient (Wildman–Crippen LogP) is 8.09. The van der Waals surface area contributed by atoms with Crippen molar-refractivity contribution in [1.29, 1.82) is 0 Å². The van der Waals surface area contributed by atoms with E-state index in [2.05, 4.69) is 60.1 Å². The van der Waals surface area contributed by atoms with Gasteiger partial charge in [-0.05, 0) is 125 Å². The summed E-state index contributed by atoms with van der Waals surface area (Å²) in [5.41, 5.74) is 0.779. The van der Waals surface area contributed by atoms with Crippen LogP contribution in [0.2, 0.25) is 39.3 Å². The van der Waals surface area contributed by atoms with Crippen molar-refractivity contribution in [3.05, 3.63) is 0 Å². The van der Waals surface area contributed by atoms with E-state index < -0.39 is 16.6 Å². The number of hydrogen-bond acceptors (Lipinski definition) is 2. The van der Waals surface area contributed by atoms with Crippen LogP contribution in [0, 0.1) is 40.4 Å². The standard InChI is InChI=1S/C21H36O.C6H18OSi2/c1-4-14-9-11-17-16-10-8-15-7-5-6-12-20(15,2)18(16)13-19(22)21(14,17)3;1-8(2,3)7-9(4,5)6/h14-19,22H,4-13H2,1-3H3;1-6H3/t14-,15+,16-,17-,18-,19+,20-,21+;/m0./s1. The van der Waals surface area contributed by atoms with Gasteiger partial charge < -0.3 is 9.22 Å². The van der Waals surface area contributed by atoms with Crippen LogP contribution in [-0.4, -0.2) is 27.8 Å². The van der Waals surface area contributed by atoms with Crippen molar-refractivity contribution in [3.63, 3.8) is 0 Å². The maximum Gasteiger partial charge on any atom is 0.170 e. The van der Waals surface area contributed by atoms with Gasteiger partial charge in [-0.1, -0.05) is 40.0 Å². The summed E-state index contributed by atoms with van der Waals surface area (Å²) in [6.07, 6.45) is 13.9. The van der Waals surface area contributed by atoms with Crippen molar-refractivity contribution < 1.29 is 9.22 Å². The van der Waals surface area contributed by atoms with Crippen molar-refractivity contribution in [2.45, 2.75) is 130 Å². The highest BCUT2D eigenvalue weighted by atomic mass is 28.4. The molecule has 0 bridgehead atoms. The molecule has 31 heavy (non-hydrogen) atoms. The lowest BCUT2D eigenvalue weighted by molar-refractivity contribution is -0.163. The predicted molar refractivity (Wildman–Crippen MR) is 139 cm³/mol. The van der Waals surface area contributed by atoms with Gasteiger partial charge in [0.15, 0.2) is 16.6 Å². The first kappa shape index (κ1) is 26.0. The third kappa shape index (κ3) is 5.22. The first-order chi connectivity index (χ1) is 14.2. The first-order valence-electron chi connectivity index (χ1n) is 13.6. The lowest BCUT2D eigenvalue weighted by Gasteiger charge is -2.61. The number of aliphatic hydroxyl groups is 1. The van der Waals surface area contributed by atoms with Gasteiger partial charge in [-0.25, -0.2) is 0 Å². The Morgan fingerprint density at radius 3 is 2.03 bits per heavy atom. The van der Waals surface area contributed by atoms with Crippen molar-refractivity contribution in [1.82, 2.24) is 0 Å². The molecule has 4 heteroatoms. The van der Waals surface area contributed by atoms with Gasteiger partial charge in [-0.15, -0.1) is 0 Å². The van der Waals surface area contributed by atoms with Crippen LogP contribution in [-0.2, 0) is 4.12 Å². The summed E-state index contributed by atoms with van der Waals surface area (Å²) in [6.45, 7) is 20.9. The second kappa shape index (κ2) is 9.19. The maximum atomic E-state index is 11.2. The SMILES string of the molecule is CC[C@H]1CC[C@H]2[C@@H]3CC[C@H]4CCCC[C@]4(C)[C@H]3C[C@@H](O)[C@]12C.C[Si](C)(C)O[Si](C)(C)C. The third-order valence-electron chi connectivity index (χ3n) is 9.98. The van der Waals surface area contributed by atoms with E-state index in [1.807, 2.05) is 0 Å². The van der Waals surface area contributed by atoms with Crippen LogP contribution < -0.4 is 0 Å². The zero-order valence-electron chi connectivity index (χ0n) is 22.4.